The number of benzene rings is 2. The molecule has 0 bridgehead atoms. The largest absolute Gasteiger partial charge is 0.492 e. The fourth-order valence-electron chi connectivity index (χ4n) is 4.17. The number of nitrogens with one attached hydrogen (secondary N) is 2. The van der Waals surface area contributed by atoms with E-state index in [9.17, 15) is 19.2 Å². The summed E-state index contributed by atoms with van der Waals surface area (Å²) in [5, 5.41) is 5.59. The van der Waals surface area contributed by atoms with E-state index in [4.69, 9.17) is 4.74 Å². The molecule has 0 saturated carbocycles. The molecule has 2 aromatic carbocycles. The molecule has 2 aliphatic heterocycles. The maximum Gasteiger partial charge on any atom is 0.254 e. The van der Waals surface area contributed by atoms with Crippen molar-refractivity contribution in [2.45, 2.75) is 19.9 Å². The third kappa shape index (κ3) is 5.19. The quantitative estimate of drug-likeness (QED) is 0.643. The summed E-state index contributed by atoms with van der Waals surface area (Å²) >= 11 is 0. The van der Waals surface area contributed by atoms with Crippen LogP contribution in [0, 0.1) is 5.92 Å². The summed E-state index contributed by atoms with van der Waals surface area (Å²) in [6.45, 7) is 3.95. The highest BCUT2D eigenvalue weighted by atomic mass is 16.5. The van der Waals surface area contributed by atoms with E-state index in [-0.39, 0.29) is 36.6 Å². The molecule has 1 unspecified atom stereocenters. The molecule has 2 heterocycles. The van der Waals surface area contributed by atoms with E-state index in [1.165, 1.54) is 4.90 Å². The minimum atomic E-state index is -0.451. The number of ether oxygens (including phenoxy) is 1. The molecular weight excluding hydrogens is 436 g/mol. The molecule has 9 heteroatoms. The van der Waals surface area contributed by atoms with E-state index in [1.54, 1.807) is 29.2 Å². The van der Waals surface area contributed by atoms with Crippen LogP contribution in [0.5, 0.6) is 5.75 Å². The van der Waals surface area contributed by atoms with Crippen molar-refractivity contribution in [3.05, 3.63) is 59.7 Å². The molecule has 2 aliphatic rings. The summed E-state index contributed by atoms with van der Waals surface area (Å²) in [4.78, 5) is 52.6. The minimum absolute atomic E-state index is 0.0583. The molecule has 0 aliphatic carbocycles. The van der Waals surface area contributed by atoms with Crippen molar-refractivity contribution in [3.63, 3.8) is 0 Å². The Labute approximate surface area is 198 Å². The average Bonchev–Trinajstić information content (AvgIpc) is 3.24. The van der Waals surface area contributed by atoms with Crippen molar-refractivity contribution in [2.75, 3.05) is 37.7 Å². The van der Waals surface area contributed by atoms with Crippen LogP contribution in [0.25, 0.3) is 0 Å². The Kier molecular flexibility index (Phi) is 7.10. The Bertz CT molecular complexity index is 1080. The number of anilines is 1. The van der Waals surface area contributed by atoms with Gasteiger partial charge in [0.05, 0.1) is 24.8 Å². The third-order valence-electron chi connectivity index (χ3n) is 5.94. The second-order valence-electron chi connectivity index (χ2n) is 8.30. The van der Waals surface area contributed by atoms with E-state index >= 15 is 0 Å². The zero-order valence-corrected chi connectivity index (χ0v) is 19.1. The van der Waals surface area contributed by atoms with Crippen LogP contribution in [0.4, 0.5) is 5.69 Å². The number of piperazine rings is 1. The highest BCUT2D eigenvalue weighted by Crippen LogP contribution is 2.33. The number of hydrogen-bond acceptors (Lipinski definition) is 5. The normalized spacial score (nSPS) is 18.0. The Morgan fingerprint density at radius 2 is 1.88 bits per heavy atom. The first kappa shape index (κ1) is 23.3. The summed E-state index contributed by atoms with van der Waals surface area (Å²) in [5.41, 5.74) is 2.01. The van der Waals surface area contributed by atoms with Gasteiger partial charge in [0, 0.05) is 38.2 Å². The van der Waals surface area contributed by atoms with Gasteiger partial charge in [-0.15, -0.1) is 0 Å². The zero-order valence-electron chi connectivity index (χ0n) is 19.1. The molecule has 0 radical (unpaired) electrons. The Morgan fingerprint density at radius 1 is 1.12 bits per heavy atom. The second kappa shape index (κ2) is 10.4. The minimum Gasteiger partial charge on any atom is -0.492 e. The molecule has 2 N–H and O–H groups in total. The van der Waals surface area contributed by atoms with Crippen LogP contribution in [0.3, 0.4) is 0 Å². The first-order chi connectivity index (χ1) is 16.5. The predicted molar refractivity (Wildman–Crippen MR) is 125 cm³/mol. The lowest BCUT2D eigenvalue weighted by Gasteiger charge is -2.26. The van der Waals surface area contributed by atoms with Crippen molar-refractivity contribution < 1.29 is 23.9 Å². The summed E-state index contributed by atoms with van der Waals surface area (Å²) in [6.07, 6.45) is 0.142. The monoisotopic (exact) mass is 464 g/mol. The van der Waals surface area contributed by atoms with Gasteiger partial charge in [-0.1, -0.05) is 24.3 Å². The van der Waals surface area contributed by atoms with Gasteiger partial charge in [0.15, 0.2) is 0 Å². The van der Waals surface area contributed by atoms with E-state index in [0.29, 0.717) is 49.8 Å². The molecule has 0 spiro atoms. The number of nitrogens with zero attached hydrogens (tertiary/aromatic N) is 2. The molecule has 2 fully saturated rings. The second-order valence-corrected chi connectivity index (χ2v) is 8.30. The van der Waals surface area contributed by atoms with E-state index in [2.05, 4.69) is 10.6 Å². The smallest absolute Gasteiger partial charge is 0.254 e. The van der Waals surface area contributed by atoms with Gasteiger partial charge in [0.1, 0.15) is 5.75 Å². The van der Waals surface area contributed by atoms with Crippen LogP contribution in [-0.2, 0) is 20.9 Å². The molecule has 2 aromatic rings. The summed E-state index contributed by atoms with van der Waals surface area (Å²) < 4.78 is 5.63. The topological polar surface area (TPSA) is 108 Å². The Hall–Kier alpha value is -3.88. The average molecular weight is 465 g/mol. The SMILES string of the molecule is CCOc1ccccc1N1CC(C(=O)NCc2ccc(C(=O)N3CCNC(=O)C3)cc2)CC1=O. The van der Waals surface area contributed by atoms with Gasteiger partial charge in [0.25, 0.3) is 5.91 Å². The van der Waals surface area contributed by atoms with Crippen molar-refractivity contribution in [1.82, 2.24) is 15.5 Å². The fourth-order valence-corrected chi connectivity index (χ4v) is 4.17. The molecule has 178 valence electrons. The van der Waals surface area contributed by atoms with Crippen LogP contribution in [0.2, 0.25) is 0 Å². The van der Waals surface area contributed by atoms with Crippen LogP contribution >= 0.6 is 0 Å². The van der Waals surface area contributed by atoms with Crippen LogP contribution in [0.1, 0.15) is 29.3 Å². The van der Waals surface area contributed by atoms with Crippen LogP contribution in [0.15, 0.2) is 48.5 Å². The zero-order chi connectivity index (χ0) is 24.1. The van der Waals surface area contributed by atoms with Crippen molar-refractivity contribution in [3.8, 4) is 5.75 Å². The molecule has 9 nitrogen and oxygen atoms in total. The number of carbonyl (C=O) groups is 4. The number of amides is 4. The maximum atomic E-state index is 12.7. The van der Waals surface area contributed by atoms with Crippen LogP contribution in [-0.4, -0.2) is 61.3 Å². The highest BCUT2D eigenvalue weighted by Gasteiger charge is 2.36. The van der Waals surface area contributed by atoms with Gasteiger partial charge in [-0.25, -0.2) is 0 Å². The standard InChI is InChI=1S/C25H28N4O5/c1-2-34-21-6-4-3-5-20(21)29-15-19(13-23(29)31)24(32)27-14-17-7-9-18(10-8-17)25(33)28-12-11-26-22(30)16-28/h3-10,19H,2,11-16H2,1H3,(H,26,30)(H,27,32). The molecular formula is C25H28N4O5. The van der Waals surface area contributed by atoms with E-state index in [1.807, 2.05) is 31.2 Å². The van der Waals surface area contributed by atoms with Gasteiger partial charge >= 0.3 is 0 Å². The number of hydrogen-bond donors (Lipinski definition) is 2. The number of para-hydroxylation sites is 2. The molecule has 1 atom stereocenters. The molecule has 2 saturated heterocycles. The van der Waals surface area contributed by atoms with Crippen molar-refractivity contribution >= 4 is 29.3 Å². The van der Waals surface area contributed by atoms with Gasteiger partial charge in [0.2, 0.25) is 17.7 Å². The van der Waals surface area contributed by atoms with Gasteiger partial charge in [-0.05, 0) is 36.8 Å². The molecule has 0 aromatic heterocycles. The van der Waals surface area contributed by atoms with Crippen molar-refractivity contribution in [1.29, 1.82) is 0 Å². The summed E-state index contributed by atoms with van der Waals surface area (Å²) in [5.74, 6) is -0.482. The summed E-state index contributed by atoms with van der Waals surface area (Å²) in [6, 6.07) is 14.3. The Morgan fingerprint density at radius 3 is 2.62 bits per heavy atom. The Balaban J connectivity index is 1.32. The van der Waals surface area contributed by atoms with Crippen LogP contribution < -0.4 is 20.3 Å². The first-order valence-electron chi connectivity index (χ1n) is 11.4. The number of carbonyl (C=O) groups excluding carboxylic acids is 4. The lowest BCUT2D eigenvalue weighted by Crippen LogP contribution is -2.49. The van der Waals surface area contributed by atoms with Gasteiger partial charge < -0.3 is 25.2 Å². The molecule has 34 heavy (non-hydrogen) atoms. The third-order valence-corrected chi connectivity index (χ3v) is 5.94. The molecule has 4 rings (SSSR count). The van der Waals surface area contributed by atoms with Gasteiger partial charge in [-0.3, -0.25) is 19.2 Å². The fraction of sp³-hybridized carbons (Fsp3) is 0.360. The molecule has 4 amide bonds. The maximum absolute atomic E-state index is 12.7. The van der Waals surface area contributed by atoms with E-state index < -0.39 is 5.92 Å². The highest BCUT2D eigenvalue weighted by molar-refractivity contribution is 6.01. The predicted octanol–water partition coefficient (Wildman–Crippen LogP) is 1.33. The lowest BCUT2D eigenvalue weighted by molar-refractivity contribution is -0.126. The lowest BCUT2D eigenvalue weighted by atomic mass is 10.1. The summed E-state index contributed by atoms with van der Waals surface area (Å²) in [7, 11) is 0. The van der Waals surface area contributed by atoms with Crippen molar-refractivity contribution in [2.24, 2.45) is 5.92 Å². The van der Waals surface area contributed by atoms with E-state index in [0.717, 1.165) is 5.56 Å². The number of rotatable bonds is 7. The van der Waals surface area contributed by atoms with Gasteiger partial charge in [-0.2, -0.15) is 0 Å². The first-order valence-corrected chi connectivity index (χ1v) is 11.4.